The third-order valence-corrected chi connectivity index (χ3v) is 3.63. The second-order valence-corrected chi connectivity index (χ2v) is 5.46. The van der Waals surface area contributed by atoms with E-state index in [1.807, 2.05) is 36.3 Å². The summed E-state index contributed by atoms with van der Waals surface area (Å²) in [5, 5.41) is 9.04. The Morgan fingerprint density at radius 3 is 2.84 bits per heavy atom. The van der Waals surface area contributed by atoms with Crippen LogP contribution in [0, 0.1) is 0 Å². The summed E-state index contributed by atoms with van der Waals surface area (Å²) in [5.41, 5.74) is 2.25. The summed E-state index contributed by atoms with van der Waals surface area (Å²) in [7, 11) is 1.92. The Morgan fingerprint density at radius 1 is 1.37 bits per heavy atom. The first-order chi connectivity index (χ1) is 9.06. The predicted octanol–water partition coefficient (Wildman–Crippen LogP) is 3.62. The van der Waals surface area contributed by atoms with Crippen molar-refractivity contribution in [2.45, 2.75) is 19.4 Å². The summed E-state index contributed by atoms with van der Waals surface area (Å²) in [6.07, 6.45) is 4.85. The highest BCUT2D eigenvalue weighted by Gasteiger charge is 2.09. The monoisotopic (exact) mass is 297 g/mol. The zero-order chi connectivity index (χ0) is 13.8. The summed E-state index contributed by atoms with van der Waals surface area (Å²) in [4.78, 5) is 0. The maximum absolute atomic E-state index is 6.18. The van der Waals surface area contributed by atoms with E-state index in [0.29, 0.717) is 5.02 Å². The number of halogens is 2. The molecule has 1 N–H and O–H groups in total. The van der Waals surface area contributed by atoms with Gasteiger partial charge in [-0.25, -0.2) is 0 Å². The van der Waals surface area contributed by atoms with E-state index >= 15 is 0 Å². The van der Waals surface area contributed by atoms with Crippen molar-refractivity contribution in [3.63, 3.8) is 0 Å². The van der Waals surface area contributed by atoms with Crippen LogP contribution in [0.5, 0.6) is 0 Å². The molecule has 0 aliphatic heterocycles. The van der Waals surface area contributed by atoms with Crippen molar-refractivity contribution in [1.82, 2.24) is 15.1 Å². The fourth-order valence-corrected chi connectivity index (χ4v) is 2.45. The number of hydrogen-bond donors (Lipinski definition) is 1. The van der Waals surface area contributed by atoms with Gasteiger partial charge in [0.05, 0.1) is 6.20 Å². The number of hydrogen-bond acceptors (Lipinski definition) is 2. The van der Waals surface area contributed by atoms with Gasteiger partial charge in [0.2, 0.25) is 0 Å². The summed E-state index contributed by atoms with van der Waals surface area (Å²) < 4.78 is 1.81. The third kappa shape index (κ3) is 3.96. The number of rotatable bonds is 5. The van der Waals surface area contributed by atoms with Crippen LogP contribution >= 0.6 is 23.2 Å². The minimum Gasteiger partial charge on any atom is -0.310 e. The van der Waals surface area contributed by atoms with Crippen molar-refractivity contribution in [1.29, 1.82) is 0 Å². The van der Waals surface area contributed by atoms with Gasteiger partial charge in [-0.1, -0.05) is 23.2 Å². The molecule has 0 radical (unpaired) electrons. The van der Waals surface area contributed by atoms with E-state index in [9.17, 15) is 0 Å². The van der Waals surface area contributed by atoms with Crippen molar-refractivity contribution in [3.8, 4) is 0 Å². The van der Waals surface area contributed by atoms with Crippen molar-refractivity contribution < 1.29 is 0 Å². The molecule has 0 saturated carbocycles. The number of nitrogens with zero attached hydrogens (tertiary/aromatic N) is 2. The molecule has 0 saturated heterocycles. The summed E-state index contributed by atoms with van der Waals surface area (Å²) in [5.74, 6) is 0. The molecule has 5 heteroatoms. The molecule has 1 atom stereocenters. The Bertz CT molecular complexity index is 551. The van der Waals surface area contributed by atoms with E-state index < -0.39 is 0 Å². The van der Waals surface area contributed by atoms with Gasteiger partial charge in [-0.3, -0.25) is 4.68 Å². The molecule has 1 aromatic heterocycles. The molecule has 1 heterocycles. The van der Waals surface area contributed by atoms with Crippen LogP contribution in [0.1, 0.15) is 24.1 Å². The minimum atomic E-state index is 0.169. The smallest absolute Gasteiger partial charge is 0.0522 e. The van der Waals surface area contributed by atoms with Gasteiger partial charge in [-0.2, -0.15) is 5.10 Å². The SMILES string of the molecule is CC(NCCc1cnn(C)c1)c1cc(Cl)ccc1Cl. The topological polar surface area (TPSA) is 29.9 Å². The van der Waals surface area contributed by atoms with Crippen LogP contribution in [0.2, 0.25) is 10.0 Å². The first-order valence-electron chi connectivity index (χ1n) is 6.22. The van der Waals surface area contributed by atoms with E-state index in [4.69, 9.17) is 23.2 Å². The van der Waals surface area contributed by atoms with Crippen LogP contribution in [0.25, 0.3) is 0 Å². The molecule has 0 aliphatic carbocycles. The third-order valence-electron chi connectivity index (χ3n) is 3.05. The fourth-order valence-electron chi connectivity index (χ4n) is 1.99. The molecule has 3 nitrogen and oxygen atoms in total. The van der Waals surface area contributed by atoms with E-state index in [0.717, 1.165) is 23.6 Å². The molecule has 2 rings (SSSR count). The second kappa shape index (κ2) is 6.42. The standard InChI is InChI=1S/C14H17Cl2N3/c1-10(13-7-12(15)3-4-14(13)16)17-6-5-11-8-18-19(2)9-11/h3-4,7-10,17H,5-6H2,1-2H3. The molecular weight excluding hydrogens is 281 g/mol. The lowest BCUT2D eigenvalue weighted by molar-refractivity contribution is 0.577. The van der Waals surface area contributed by atoms with Crippen molar-refractivity contribution in [3.05, 3.63) is 51.8 Å². The zero-order valence-electron chi connectivity index (χ0n) is 11.0. The molecule has 0 aliphatic rings. The van der Waals surface area contributed by atoms with Crippen LogP contribution in [0.15, 0.2) is 30.6 Å². The van der Waals surface area contributed by atoms with Crippen LogP contribution in [-0.2, 0) is 13.5 Å². The second-order valence-electron chi connectivity index (χ2n) is 4.61. The number of aryl methyl sites for hydroxylation is 1. The minimum absolute atomic E-state index is 0.169. The molecule has 19 heavy (non-hydrogen) atoms. The van der Waals surface area contributed by atoms with Crippen LogP contribution < -0.4 is 5.32 Å². The van der Waals surface area contributed by atoms with Gasteiger partial charge in [0.25, 0.3) is 0 Å². The Labute approximate surface area is 123 Å². The molecule has 0 spiro atoms. The molecule has 1 unspecified atom stereocenters. The van der Waals surface area contributed by atoms with Gasteiger partial charge >= 0.3 is 0 Å². The van der Waals surface area contributed by atoms with Crippen LogP contribution in [0.4, 0.5) is 0 Å². The Balaban J connectivity index is 1.90. The van der Waals surface area contributed by atoms with Gasteiger partial charge in [0.15, 0.2) is 0 Å². The Morgan fingerprint density at radius 2 is 2.16 bits per heavy atom. The molecule has 0 bridgehead atoms. The molecule has 0 fully saturated rings. The lowest BCUT2D eigenvalue weighted by atomic mass is 10.1. The maximum Gasteiger partial charge on any atom is 0.0522 e. The molecule has 2 aromatic rings. The lowest BCUT2D eigenvalue weighted by Crippen LogP contribution is -2.21. The molecular formula is C14H17Cl2N3. The lowest BCUT2D eigenvalue weighted by Gasteiger charge is -2.15. The largest absolute Gasteiger partial charge is 0.310 e. The van der Waals surface area contributed by atoms with Gasteiger partial charge < -0.3 is 5.32 Å². The van der Waals surface area contributed by atoms with Gasteiger partial charge in [-0.15, -0.1) is 0 Å². The zero-order valence-corrected chi connectivity index (χ0v) is 12.5. The first-order valence-corrected chi connectivity index (χ1v) is 6.97. The summed E-state index contributed by atoms with van der Waals surface area (Å²) in [6, 6.07) is 5.71. The van der Waals surface area contributed by atoms with E-state index in [-0.39, 0.29) is 6.04 Å². The van der Waals surface area contributed by atoms with Crippen LogP contribution in [-0.4, -0.2) is 16.3 Å². The van der Waals surface area contributed by atoms with E-state index in [1.165, 1.54) is 5.56 Å². The quantitative estimate of drug-likeness (QED) is 0.913. The summed E-state index contributed by atoms with van der Waals surface area (Å²) >= 11 is 12.2. The van der Waals surface area contributed by atoms with Gasteiger partial charge in [0.1, 0.15) is 0 Å². The summed E-state index contributed by atoms with van der Waals surface area (Å²) in [6.45, 7) is 2.95. The van der Waals surface area contributed by atoms with Crippen molar-refractivity contribution in [2.75, 3.05) is 6.54 Å². The average molecular weight is 298 g/mol. The van der Waals surface area contributed by atoms with Gasteiger partial charge in [-0.05, 0) is 49.2 Å². The van der Waals surface area contributed by atoms with E-state index in [1.54, 1.807) is 6.07 Å². The van der Waals surface area contributed by atoms with Crippen LogP contribution in [0.3, 0.4) is 0 Å². The normalized spacial score (nSPS) is 12.6. The maximum atomic E-state index is 6.18. The number of benzene rings is 1. The molecule has 102 valence electrons. The van der Waals surface area contributed by atoms with Crippen molar-refractivity contribution in [2.24, 2.45) is 7.05 Å². The fraction of sp³-hybridized carbons (Fsp3) is 0.357. The van der Waals surface area contributed by atoms with Crippen molar-refractivity contribution >= 4 is 23.2 Å². The first kappa shape index (κ1) is 14.4. The molecule has 1 aromatic carbocycles. The number of aromatic nitrogens is 2. The Kier molecular flexibility index (Phi) is 4.86. The number of nitrogens with one attached hydrogen (secondary N) is 1. The Hall–Kier alpha value is -1.03. The predicted molar refractivity (Wildman–Crippen MR) is 79.8 cm³/mol. The molecule has 0 amide bonds. The highest BCUT2D eigenvalue weighted by atomic mass is 35.5. The van der Waals surface area contributed by atoms with E-state index in [2.05, 4.69) is 17.3 Å². The highest BCUT2D eigenvalue weighted by molar-refractivity contribution is 6.33. The average Bonchev–Trinajstić information content (AvgIpc) is 2.78. The van der Waals surface area contributed by atoms with Gasteiger partial charge in [0, 0.05) is 29.3 Å². The highest BCUT2D eigenvalue weighted by Crippen LogP contribution is 2.26.